The number of nitrogens with two attached hydrogens (primary N) is 1. The van der Waals surface area contributed by atoms with Crippen LogP contribution in [0.1, 0.15) is 17.2 Å². The van der Waals surface area contributed by atoms with Gasteiger partial charge in [-0.2, -0.15) is 0 Å². The summed E-state index contributed by atoms with van der Waals surface area (Å²) in [5.41, 5.74) is 3.79. The van der Waals surface area contributed by atoms with Gasteiger partial charge in [-0.15, -0.1) is 0 Å². The van der Waals surface area contributed by atoms with E-state index >= 15 is 0 Å². The monoisotopic (exact) mass is 328 g/mol. The highest BCUT2D eigenvalue weighted by Gasteiger charge is 2.19. The van der Waals surface area contributed by atoms with Gasteiger partial charge in [-0.25, -0.2) is 4.39 Å². The summed E-state index contributed by atoms with van der Waals surface area (Å²) in [5.74, 6) is 5.86. The summed E-state index contributed by atoms with van der Waals surface area (Å²) >= 11 is 12.1. The Morgan fingerprint density at radius 1 is 1.29 bits per heavy atom. The van der Waals surface area contributed by atoms with E-state index in [0.29, 0.717) is 21.4 Å². The normalized spacial score (nSPS) is 12.2. The Morgan fingerprint density at radius 2 is 2.05 bits per heavy atom. The maximum absolute atomic E-state index is 13.9. The van der Waals surface area contributed by atoms with Crippen LogP contribution in [0.5, 0.6) is 5.75 Å². The van der Waals surface area contributed by atoms with Crippen molar-refractivity contribution in [2.75, 3.05) is 7.11 Å². The molecule has 0 saturated carbocycles. The van der Waals surface area contributed by atoms with Crippen molar-refractivity contribution < 1.29 is 9.13 Å². The van der Waals surface area contributed by atoms with Crippen molar-refractivity contribution in [1.82, 2.24) is 5.43 Å². The first-order valence-corrected chi connectivity index (χ1v) is 7.05. The van der Waals surface area contributed by atoms with Crippen LogP contribution in [0.15, 0.2) is 36.4 Å². The minimum absolute atomic E-state index is 0.276. The minimum atomic E-state index is -0.381. The van der Waals surface area contributed by atoms with Gasteiger partial charge < -0.3 is 4.74 Å². The number of nitrogens with one attached hydrogen (secondary N) is 1. The summed E-state index contributed by atoms with van der Waals surface area (Å²) in [7, 11) is 1.55. The van der Waals surface area contributed by atoms with Crippen molar-refractivity contribution in [3.63, 3.8) is 0 Å². The average molecular weight is 329 g/mol. The maximum Gasteiger partial charge on any atom is 0.127 e. The molecule has 0 aliphatic rings. The molecule has 0 aliphatic heterocycles. The molecule has 0 bridgehead atoms. The molecule has 112 valence electrons. The summed E-state index contributed by atoms with van der Waals surface area (Å²) in [5, 5.41) is 0.905. The predicted molar refractivity (Wildman–Crippen MR) is 83.2 cm³/mol. The molecule has 2 aromatic rings. The summed E-state index contributed by atoms with van der Waals surface area (Å²) in [4.78, 5) is 0. The molecular weight excluding hydrogens is 314 g/mol. The van der Waals surface area contributed by atoms with Crippen molar-refractivity contribution >= 4 is 23.2 Å². The molecule has 0 spiro atoms. The average Bonchev–Trinajstić information content (AvgIpc) is 2.47. The number of rotatable bonds is 5. The van der Waals surface area contributed by atoms with Gasteiger partial charge in [0.05, 0.1) is 13.2 Å². The Hall–Kier alpha value is -1.33. The molecule has 1 unspecified atom stereocenters. The number of ether oxygens (including phenoxy) is 1. The molecular formula is C15H15Cl2FN2O. The lowest BCUT2D eigenvalue weighted by Crippen LogP contribution is -2.30. The molecule has 21 heavy (non-hydrogen) atoms. The van der Waals surface area contributed by atoms with Gasteiger partial charge >= 0.3 is 0 Å². The third-order valence-electron chi connectivity index (χ3n) is 3.24. The van der Waals surface area contributed by atoms with Gasteiger partial charge in [0.2, 0.25) is 0 Å². The molecule has 0 heterocycles. The Balaban J connectivity index is 2.39. The summed E-state index contributed by atoms with van der Waals surface area (Å²) in [6.45, 7) is 0. The van der Waals surface area contributed by atoms with E-state index < -0.39 is 0 Å². The first kappa shape index (κ1) is 16.0. The van der Waals surface area contributed by atoms with Crippen molar-refractivity contribution in [3.8, 4) is 5.75 Å². The van der Waals surface area contributed by atoms with E-state index in [2.05, 4.69) is 5.43 Å². The molecule has 0 radical (unpaired) electrons. The van der Waals surface area contributed by atoms with E-state index in [9.17, 15) is 4.39 Å². The lowest BCUT2D eigenvalue weighted by atomic mass is 9.98. The maximum atomic E-state index is 13.9. The number of hydrogen-bond acceptors (Lipinski definition) is 3. The van der Waals surface area contributed by atoms with Gasteiger partial charge in [0.15, 0.2) is 0 Å². The van der Waals surface area contributed by atoms with Crippen molar-refractivity contribution in [2.45, 2.75) is 12.5 Å². The van der Waals surface area contributed by atoms with Gasteiger partial charge in [0.25, 0.3) is 0 Å². The van der Waals surface area contributed by atoms with E-state index in [0.717, 1.165) is 5.56 Å². The minimum Gasteiger partial charge on any atom is -0.496 e. The molecule has 0 aromatic heterocycles. The van der Waals surface area contributed by atoms with Crippen LogP contribution in [0.2, 0.25) is 10.0 Å². The molecule has 2 rings (SSSR count). The van der Waals surface area contributed by atoms with Crippen molar-refractivity contribution in [2.24, 2.45) is 5.84 Å². The quantitative estimate of drug-likeness (QED) is 0.646. The Labute approximate surface area is 132 Å². The van der Waals surface area contributed by atoms with E-state index in [1.165, 1.54) is 6.07 Å². The largest absolute Gasteiger partial charge is 0.496 e. The summed E-state index contributed by atoms with van der Waals surface area (Å²) in [6, 6.07) is 9.38. The van der Waals surface area contributed by atoms with Gasteiger partial charge in [-0.3, -0.25) is 11.3 Å². The van der Waals surface area contributed by atoms with Crippen LogP contribution in [-0.4, -0.2) is 7.11 Å². The van der Waals surface area contributed by atoms with Gasteiger partial charge in [0, 0.05) is 21.2 Å². The van der Waals surface area contributed by atoms with Crippen LogP contribution in [0.4, 0.5) is 4.39 Å². The number of halogens is 3. The second kappa shape index (κ2) is 7.09. The number of hydrazine groups is 1. The predicted octanol–water partition coefficient (Wildman–Crippen LogP) is 3.89. The van der Waals surface area contributed by atoms with Crippen molar-refractivity contribution in [1.29, 1.82) is 0 Å². The molecule has 2 aromatic carbocycles. The Morgan fingerprint density at radius 3 is 2.67 bits per heavy atom. The van der Waals surface area contributed by atoms with E-state index in [1.807, 2.05) is 0 Å². The van der Waals surface area contributed by atoms with E-state index in [-0.39, 0.29) is 18.3 Å². The third-order valence-corrected chi connectivity index (χ3v) is 3.83. The highest BCUT2D eigenvalue weighted by atomic mass is 35.5. The molecule has 0 aliphatic carbocycles. The second-order valence-corrected chi connectivity index (χ2v) is 5.35. The van der Waals surface area contributed by atoms with E-state index in [4.69, 9.17) is 33.8 Å². The molecule has 3 N–H and O–H groups in total. The molecule has 0 amide bonds. The molecule has 0 saturated heterocycles. The van der Waals surface area contributed by atoms with Gasteiger partial charge in [0.1, 0.15) is 11.6 Å². The molecule has 6 heteroatoms. The number of methoxy groups -OCH3 is 1. The highest BCUT2D eigenvalue weighted by molar-refractivity contribution is 6.31. The fourth-order valence-corrected chi connectivity index (χ4v) is 2.59. The lowest BCUT2D eigenvalue weighted by molar-refractivity contribution is 0.398. The van der Waals surface area contributed by atoms with Crippen LogP contribution in [-0.2, 0) is 6.42 Å². The standard InChI is InChI=1S/C15H15Cl2FN2O/c1-21-15-6-5-9(16)7-11(15)14(20-19)8-10-12(17)3-2-4-13(10)18/h2-7,14,20H,8,19H2,1H3. The van der Waals surface area contributed by atoms with E-state index in [1.54, 1.807) is 37.4 Å². The Kier molecular flexibility index (Phi) is 5.42. The molecule has 1 atom stereocenters. The zero-order valence-corrected chi connectivity index (χ0v) is 12.9. The van der Waals surface area contributed by atoms with Crippen molar-refractivity contribution in [3.05, 3.63) is 63.4 Å². The lowest BCUT2D eigenvalue weighted by Gasteiger charge is -2.20. The molecule has 0 fully saturated rings. The van der Waals surface area contributed by atoms with Crippen LogP contribution in [0.3, 0.4) is 0 Å². The summed E-state index contributed by atoms with van der Waals surface area (Å²) in [6.07, 6.45) is 0.276. The number of benzene rings is 2. The summed E-state index contributed by atoms with van der Waals surface area (Å²) < 4.78 is 19.2. The SMILES string of the molecule is COc1ccc(Cl)cc1C(Cc1c(F)cccc1Cl)NN. The second-order valence-electron chi connectivity index (χ2n) is 4.51. The van der Waals surface area contributed by atoms with Gasteiger partial charge in [-0.1, -0.05) is 29.3 Å². The Bertz CT molecular complexity index is 617. The first-order valence-electron chi connectivity index (χ1n) is 6.29. The smallest absolute Gasteiger partial charge is 0.127 e. The van der Waals surface area contributed by atoms with Crippen LogP contribution in [0, 0.1) is 5.82 Å². The zero-order valence-electron chi connectivity index (χ0n) is 11.4. The van der Waals surface area contributed by atoms with Gasteiger partial charge in [-0.05, 0) is 36.8 Å². The fraction of sp³-hybridized carbons (Fsp3) is 0.200. The topological polar surface area (TPSA) is 47.3 Å². The fourth-order valence-electron chi connectivity index (χ4n) is 2.17. The van der Waals surface area contributed by atoms with Crippen LogP contribution < -0.4 is 16.0 Å². The van der Waals surface area contributed by atoms with Crippen LogP contribution in [0.25, 0.3) is 0 Å². The molecule has 3 nitrogen and oxygen atoms in total. The number of hydrogen-bond donors (Lipinski definition) is 2. The van der Waals surface area contributed by atoms with Crippen LogP contribution >= 0.6 is 23.2 Å². The highest BCUT2D eigenvalue weighted by Crippen LogP contribution is 2.32. The first-order chi connectivity index (χ1) is 10.1. The third kappa shape index (κ3) is 3.66. The zero-order chi connectivity index (χ0) is 15.4.